The van der Waals surface area contributed by atoms with E-state index in [0.717, 1.165) is 38.3 Å². The minimum Gasteiger partial charge on any atom is -0.367 e. The number of aromatic nitrogens is 3. The van der Waals surface area contributed by atoms with Crippen LogP contribution >= 0.6 is 0 Å². The fourth-order valence-corrected chi connectivity index (χ4v) is 3.62. The highest BCUT2D eigenvalue weighted by Gasteiger charge is 2.22. The SMILES string of the molecule is c1c[nH]c(CN2CCC(Nc3ncnc4c3CCC4)CC2)c1. The van der Waals surface area contributed by atoms with E-state index < -0.39 is 0 Å². The van der Waals surface area contributed by atoms with Crippen molar-refractivity contribution < 1.29 is 0 Å². The van der Waals surface area contributed by atoms with Gasteiger partial charge in [0.2, 0.25) is 0 Å². The van der Waals surface area contributed by atoms with Crippen LogP contribution in [0.15, 0.2) is 24.7 Å². The second-order valence-electron chi connectivity index (χ2n) is 6.39. The van der Waals surface area contributed by atoms with Crippen molar-refractivity contribution in [1.82, 2.24) is 19.9 Å². The molecule has 0 atom stereocenters. The molecule has 0 bridgehead atoms. The molecule has 0 spiro atoms. The first-order valence-corrected chi connectivity index (χ1v) is 8.32. The molecule has 3 heterocycles. The molecule has 0 radical (unpaired) electrons. The fraction of sp³-hybridized carbons (Fsp3) is 0.529. The van der Waals surface area contributed by atoms with Gasteiger partial charge in [0, 0.05) is 48.8 Å². The first-order valence-electron chi connectivity index (χ1n) is 8.32. The summed E-state index contributed by atoms with van der Waals surface area (Å²) in [6.45, 7) is 3.32. The normalized spacial score (nSPS) is 19.3. The smallest absolute Gasteiger partial charge is 0.133 e. The number of fused-ring (bicyclic) bond motifs is 1. The Labute approximate surface area is 131 Å². The Morgan fingerprint density at radius 2 is 2.14 bits per heavy atom. The molecular weight excluding hydrogens is 274 g/mol. The summed E-state index contributed by atoms with van der Waals surface area (Å²) in [5.74, 6) is 1.09. The van der Waals surface area contributed by atoms with Gasteiger partial charge in [-0.15, -0.1) is 0 Å². The van der Waals surface area contributed by atoms with Crippen LogP contribution < -0.4 is 5.32 Å². The van der Waals surface area contributed by atoms with Crippen LogP contribution in [-0.2, 0) is 19.4 Å². The zero-order valence-corrected chi connectivity index (χ0v) is 12.9. The summed E-state index contributed by atoms with van der Waals surface area (Å²) in [6.07, 6.45) is 9.54. The number of piperidine rings is 1. The third kappa shape index (κ3) is 2.86. The molecule has 5 nitrogen and oxygen atoms in total. The lowest BCUT2D eigenvalue weighted by atomic mass is 10.0. The van der Waals surface area contributed by atoms with Crippen molar-refractivity contribution in [3.63, 3.8) is 0 Å². The van der Waals surface area contributed by atoms with E-state index >= 15 is 0 Å². The molecule has 1 fully saturated rings. The molecule has 1 aliphatic heterocycles. The summed E-state index contributed by atoms with van der Waals surface area (Å²) in [5.41, 5.74) is 3.91. The highest BCUT2D eigenvalue weighted by atomic mass is 15.2. The molecule has 0 aromatic carbocycles. The van der Waals surface area contributed by atoms with Crippen molar-refractivity contribution in [2.24, 2.45) is 0 Å². The fourth-order valence-electron chi connectivity index (χ4n) is 3.62. The maximum atomic E-state index is 4.48. The second kappa shape index (κ2) is 6.08. The Hall–Kier alpha value is -1.88. The van der Waals surface area contributed by atoms with E-state index in [-0.39, 0.29) is 0 Å². The molecule has 0 saturated carbocycles. The van der Waals surface area contributed by atoms with Crippen molar-refractivity contribution in [2.75, 3.05) is 18.4 Å². The number of nitrogens with one attached hydrogen (secondary N) is 2. The monoisotopic (exact) mass is 297 g/mol. The number of likely N-dealkylation sites (tertiary alicyclic amines) is 1. The largest absolute Gasteiger partial charge is 0.367 e. The Morgan fingerprint density at radius 1 is 1.23 bits per heavy atom. The number of H-pyrrole nitrogens is 1. The van der Waals surface area contributed by atoms with Gasteiger partial charge in [-0.2, -0.15) is 0 Å². The molecule has 2 N–H and O–H groups in total. The van der Waals surface area contributed by atoms with Crippen LogP contribution in [0.2, 0.25) is 0 Å². The van der Waals surface area contributed by atoms with Crippen LogP contribution in [0.1, 0.15) is 36.2 Å². The quantitative estimate of drug-likeness (QED) is 0.909. The minimum absolute atomic E-state index is 0.541. The lowest BCUT2D eigenvalue weighted by Gasteiger charge is -2.32. The number of hydrogen-bond donors (Lipinski definition) is 2. The number of anilines is 1. The summed E-state index contributed by atoms with van der Waals surface area (Å²) in [6, 6.07) is 4.77. The highest BCUT2D eigenvalue weighted by molar-refractivity contribution is 5.48. The third-order valence-corrected chi connectivity index (χ3v) is 4.86. The third-order valence-electron chi connectivity index (χ3n) is 4.86. The lowest BCUT2D eigenvalue weighted by molar-refractivity contribution is 0.209. The summed E-state index contributed by atoms with van der Waals surface area (Å²) in [4.78, 5) is 14.7. The van der Waals surface area contributed by atoms with E-state index in [0.29, 0.717) is 6.04 Å². The van der Waals surface area contributed by atoms with Crippen molar-refractivity contribution in [2.45, 2.75) is 44.7 Å². The van der Waals surface area contributed by atoms with Crippen molar-refractivity contribution in [1.29, 1.82) is 0 Å². The Morgan fingerprint density at radius 3 is 2.95 bits per heavy atom. The Bertz CT molecular complexity index is 614. The summed E-state index contributed by atoms with van der Waals surface area (Å²) in [5, 5.41) is 3.68. The average molecular weight is 297 g/mol. The number of hydrogen-bond acceptors (Lipinski definition) is 4. The molecule has 2 aromatic heterocycles. The van der Waals surface area contributed by atoms with Crippen LogP contribution in [-0.4, -0.2) is 39.0 Å². The first-order chi connectivity index (χ1) is 10.9. The molecular formula is C17H23N5. The van der Waals surface area contributed by atoms with Gasteiger partial charge in [-0.1, -0.05) is 0 Å². The van der Waals surface area contributed by atoms with Crippen molar-refractivity contribution >= 4 is 5.82 Å². The van der Waals surface area contributed by atoms with Gasteiger partial charge in [0.1, 0.15) is 12.1 Å². The number of aryl methyl sites for hydroxylation is 1. The Balaban J connectivity index is 1.34. The molecule has 0 unspecified atom stereocenters. The van der Waals surface area contributed by atoms with E-state index in [1.807, 2.05) is 6.20 Å². The second-order valence-corrected chi connectivity index (χ2v) is 6.39. The summed E-state index contributed by atoms with van der Waals surface area (Å²) >= 11 is 0. The van der Waals surface area contributed by atoms with Gasteiger partial charge in [0.25, 0.3) is 0 Å². The van der Waals surface area contributed by atoms with Crippen molar-refractivity contribution in [3.05, 3.63) is 41.6 Å². The molecule has 1 aliphatic carbocycles. The molecule has 116 valence electrons. The molecule has 22 heavy (non-hydrogen) atoms. The van der Waals surface area contributed by atoms with E-state index in [2.05, 4.69) is 37.3 Å². The van der Waals surface area contributed by atoms with E-state index in [1.54, 1.807) is 6.33 Å². The molecule has 0 amide bonds. The Kier molecular flexibility index (Phi) is 3.81. The summed E-state index contributed by atoms with van der Waals surface area (Å²) in [7, 11) is 0. The topological polar surface area (TPSA) is 56.8 Å². The zero-order valence-electron chi connectivity index (χ0n) is 12.9. The molecule has 2 aliphatic rings. The van der Waals surface area contributed by atoms with Crippen LogP contribution in [0, 0.1) is 0 Å². The van der Waals surface area contributed by atoms with Gasteiger partial charge in [0.05, 0.1) is 0 Å². The van der Waals surface area contributed by atoms with Gasteiger partial charge < -0.3 is 10.3 Å². The lowest BCUT2D eigenvalue weighted by Crippen LogP contribution is -2.39. The number of rotatable bonds is 4. The zero-order chi connectivity index (χ0) is 14.8. The predicted octanol–water partition coefficient (Wildman–Crippen LogP) is 2.37. The van der Waals surface area contributed by atoms with Gasteiger partial charge in [-0.05, 0) is 44.2 Å². The van der Waals surface area contributed by atoms with Gasteiger partial charge in [-0.25, -0.2) is 9.97 Å². The van der Waals surface area contributed by atoms with Gasteiger partial charge in [-0.3, -0.25) is 4.90 Å². The van der Waals surface area contributed by atoms with Crippen LogP contribution in [0.5, 0.6) is 0 Å². The molecule has 2 aromatic rings. The minimum atomic E-state index is 0.541. The van der Waals surface area contributed by atoms with Crippen molar-refractivity contribution in [3.8, 4) is 0 Å². The standard InChI is InChI=1S/C17H23N5/c1-4-15-16(5-1)19-12-20-17(15)21-13-6-9-22(10-7-13)11-14-3-2-8-18-14/h2-3,8,12-13,18H,1,4-7,9-11H2,(H,19,20,21). The maximum Gasteiger partial charge on any atom is 0.133 e. The molecule has 1 saturated heterocycles. The summed E-state index contributed by atoms with van der Waals surface area (Å²) < 4.78 is 0. The van der Waals surface area contributed by atoms with Crippen LogP contribution in [0.25, 0.3) is 0 Å². The van der Waals surface area contributed by atoms with E-state index in [4.69, 9.17) is 0 Å². The number of nitrogens with zero attached hydrogens (tertiary/aromatic N) is 3. The van der Waals surface area contributed by atoms with Crippen LogP contribution in [0.4, 0.5) is 5.82 Å². The average Bonchev–Trinajstić information content (AvgIpc) is 3.21. The van der Waals surface area contributed by atoms with E-state index in [1.165, 1.54) is 36.2 Å². The highest BCUT2D eigenvalue weighted by Crippen LogP contribution is 2.27. The molecule has 4 rings (SSSR count). The van der Waals surface area contributed by atoms with Crippen LogP contribution in [0.3, 0.4) is 0 Å². The van der Waals surface area contributed by atoms with Gasteiger partial charge >= 0.3 is 0 Å². The first kappa shape index (κ1) is 13.8. The predicted molar refractivity (Wildman–Crippen MR) is 86.8 cm³/mol. The van der Waals surface area contributed by atoms with Gasteiger partial charge in [0.15, 0.2) is 0 Å². The maximum absolute atomic E-state index is 4.48. The van der Waals surface area contributed by atoms with E-state index in [9.17, 15) is 0 Å². The molecule has 5 heteroatoms. The number of aromatic amines is 1.